The first kappa shape index (κ1) is 15.3. The first-order valence-electron chi connectivity index (χ1n) is 8.36. The zero-order chi connectivity index (χ0) is 17.1. The molecule has 25 heavy (non-hydrogen) atoms. The van der Waals surface area contributed by atoms with Crippen LogP contribution in [0.5, 0.6) is 0 Å². The number of fused-ring (bicyclic) bond motifs is 1. The van der Waals surface area contributed by atoms with Crippen LogP contribution in [0.3, 0.4) is 0 Å². The largest absolute Gasteiger partial charge is 0.262 e. The molecule has 1 aromatic heterocycles. The summed E-state index contributed by atoms with van der Waals surface area (Å²) in [4.78, 5) is 9.43. The van der Waals surface area contributed by atoms with Crippen molar-refractivity contribution in [3.8, 4) is 0 Å². The van der Waals surface area contributed by atoms with Crippen molar-refractivity contribution in [2.75, 3.05) is 0 Å². The molecule has 0 aliphatic heterocycles. The Labute approximate surface area is 147 Å². The maximum absolute atomic E-state index is 5.04. The van der Waals surface area contributed by atoms with Crippen LogP contribution < -0.4 is 0 Å². The van der Waals surface area contributed by atoms with Gasteiger partial charge < -0.3 is 0 Å². The third-order valence-corrected chi connectivity index (χ3v) is 4.30. The summed E-state index contributed by atoms with van der Waals surface area (Å²) in [5, 5.41) is 2.27. The first-order valence-corrected chi connectivity index (χ1v) is 8.36. The van der Waals surface area contributed by atoms with Crippen LogP contribution in [0.4, 0.5) is 5.69 Å². The zero-order valence-electron chi connectivity index (χ0n) is 14.1. The number of aryl methyl sites for hydroxylation is 1. The molecule has 0 bridgehead atoms. The van der Waals surface area contributed by atoms with Gasteiger partial charge in [-0.3, -0.25) is 4.98 Å². The highest BCUT2D eigenvalue weighted by atomic mass is 14.8. The van der Waals surface area contributed by atoms with Gasteiger partial charge >= 0.3 is 0 Å². The van der Waals surface area contributed by atoms with E-state index in [1.807, 2.05) is 48.8 Å². The Balaban J connectivity index is 1.98. The lowest BCUT2D eigenvalue weighted by molar-refractivity contribution is 1.33. The van der Waals surface area contributed by atoms with Crippen molar-refractivity contribution < 1.29 is 0 Å². The molecular formula is C23H18N2. The average molecular weight is 322 g/mol. The Hall–Kier alpha value is -3.26. The molecule has 0 atom stereocenters. The van der Waals surface area contributed by atoms with E-state index in [0.717, 1.165) is 33.3 Å². The Morgan fingerprint density at radius 2 is 1.36 bits per heavy atom. The minimum absolute atomic E-state index is 0.901. The van der Waals surface area contributed by atoms with Gasteiger partial charge in [0.15, 0.2) is 0 Å². The highest BCUT2D eigenvalue weighted by molar-refractivity contribution is 6.15. The molecule has 1 heterocycles. The van der Waals surface area contributed by atoms with E-state index in [1.54, 1.807) is 0 Å². The molecule has 4 aromatic rings. The summed E-state index contributed by atoms with van der Waals surface area (Å²) in [5.41, 5.74) is 5.26. The predicted octanol–water partition coefficient (Wildman–Crippen LogP) is 5.71. The van der Waals surface area contributed by atoms with Crippen LogP contribution in [-0.2, 0) is 0 Å². The summed E-state index contributed by atoms with van der Waals surface area (Å²) < 4.78 is 0. The Morgan fingerprint density at radius 1 is 0.720 bits per heavy atom. The lowest BCUT2D eigenvalue weighted by Gasteiger charge is -2.10. The molecule has 0 N–H and O–H groups in total. The number of hydrogen-bond acceptors (Lipinski definition) is 2. The maximum Gasteiger partial charge on any atom is 0.0901 e. The molecule has 0 aliphatic rings. The van der Waals surface area contributed by atoms with Gasteiger partial charge in [0.25, 0.3) is 0 Å². The van der Waals surface area contributed by atoms with Gasteiger partial charge in [-0.2, -0.15) is 0 Å². The summed E-state index contributed by atoms with van der Waals surface area (Å²) in [6.45, 7) is 2.12. The van der Waals surface area contributed by atoms with E-state index >= 15 is 0 Å². The van der Waals surface area contributed by atoms with E-state index in [0.29, 0.717) is 0 Å². The summed E-state index contributed by atoms with van der Waals surface area (Å²) in [7, 11) is 0. The van der Waals surface area contributed by atoms with Crippen LogP contribution in [0, 0.1) is 6.92 Å². The molecule has 0 radical (unpaired) electrons. The zero-order valence-corrected chi connectivity index (χ0v) is 14.1. The normalized spacial score (nSPS) is 10.6. The molecule has 0 spiro atoms. The van der Waals surface area contributed by atoms with Crippen LogP contribution >= 0.6 is 0 Å². The second-order valence-corrected chi connectivity index (χ2v) is 6.02. The van der Waals surface area contributed by atoms with Gasteiger partial charge in [-0.15, -0.1) is 0 Å². The number of aromatic nitrogens is 1. The van der Waals surface area contributed by atoms with Gasteiger partial charge in [0.05, 0.1) is 17.6 Å². The summed E-state index contributed by atoms with van der Waals surface area (Å²) in [6, 6.07) is 26.9. The Kier molecular flexibility index (Phi) is 4.09. The van der Waals surface area contributed by atoms with Gasteiger partial charge in [-0.05, 0) is 12.5 Å². The van der Waals surface area contributed by atoms with Gasteiger partial charge in [-0.25, -0.2) is 4.99 Å². The number of nitrogens with zero attached hydrogens (tertiary/aromatic N) is 2. The van der Waals surface area contributed by atoms with Crippen LogP contribution in [-0.4, -0.2) is 10.7 Å². The Bertz CT molecular complexity index is 989. The molecular weight excluding hydrogens is 304 g/mol. The molecule has 2 nitrogen and oxygen atoms in total. The van der Waals surface area contributed by atoms with Gasteiger partial charge in [0.1, 0.15) is 0 Å². The maximum atomic E-state index is 5.04. The van der Waals surface area contributed by atoms with E-state index < -0.39 is 0 Å². The third-order valence-electron chi connectivity index (χ3n) is 4.30. The molecule has 0 saturated carbocycles. The Morgan fingerprint density at radius 3 is 2.00 bits per heavy atom. The van der Waals surface area contributed by atoms with Crippen LogP contribution in [0.2, 0.25) is 0 Å². The molecule has 0 unspecified atom stereocenters. The minimum atomic E-state index is 0.901. The molecule has 0 amide bonds. The fourth-order valence-corrected chi connectivity index (χ4v) is 3.09. The highest BCUT2D eigenvalue weighted by Gasteiger charge is 2.09. The van der Waals surface area contributed by atoms with E-state index in [9.17, 15) is 0 Å². The first-order chi connectivity index (χ1) is 12.3. The summed E-state index contributed by atoms with van der Waals surface area (Å²) in [5.74, 6) is 0. The van der Waals surface area contributed by atoms with E-state index in [1.165, 1.54) is 5.56 Å². The predicted molar refractivity (Wildman–Crippen MR) is 105 cm³/mol. The number of rotatable bonds is 3. The lowest BCUT2D eigenvalue weighted by atomic mass is 10.0. The van der Waals surface area contributed by atoms with Crippen molar-refractivity contribution in [1.82, 2.24) is 4.98 Å². The molecule has 2 heteroatoms. The number of benzene rings is 3. The van der Waals surface area contributed by atoms with Crippen molar-refractivity contribution >= 4 is 22.2 Å². The fraction of sp³-hybridized carbons (Fsp3) is 0.0435. The van der Waals surface area contributed by atoms with E-state index in [4.69, 9.17) is 4.99 Å². The van der Waals surface area contributed by atoms with Crippen molar-refractivity contribution in [2.24, 2.45) is 4.99 Å². The topological polar surface area (TPSA) is 25.2 Å². The SMILES string of the molecule is Cc1cccc2cncc(N=C(c3ccccc3)c3ccccc3)c12. The van der Waals surface area contributed by atoms with E-state index in [2.05, 4.69) is 54.4 Å². The minimum Gasteiger partial charge on any atom is -0.262 e. The molecule has 4 rings (SSSR count). The fourth-order valence-electron chi connectivity index (χ4n) is 3.09. The smallest absolute Gasteiger partial charge is 0.0901 e. The molecule has 0 saturated heterocycles. The van der Waals surface area contributed by atoms with Crippen molar-refractivity contribution in [3.63, 3.8) is 0 Å². The quantitative estimate of drug-likeness (QED) is 0.443. The van der Waals surface area contributed by atoms with Gasteiger partial charge in [0, 0.05) is 28.1 Å². The summed E-state index contributed by atoms with van der Waals surface area (Å²) in [6.07, 6.45) is 3.74. The molecule has 120 valence electrons. The van der Waals surface area contributed by atoms with Gasteiger partial charge in [-0.1, -0.05) is 78.9 Å². The third kappa shape index (κ3) is 3.07. The molecule has 0 fully saturated rings. The van der Waals surface area contributed by atoms with Crippen molar-refractivity contribution in [2.45, 2.75) is 6.92 Å². The molecule has 0 aliphatic carbocycles. The standard InChI is InChI=1S/C23H18N2/c1-17-9-8-14-20-15-24-16-21(22(17)20)25-23(18-10-4-2-5-11-18)19-12-6-3-7-13-19/h2-16H,1H3. The van der Waals surface area contributed by atoms with Crippen LogP contribution in [0.25, 0.3) is 10.8 Å². The van der Waals surface area contributed by atoms with E-state index in [-0.39, 0.29) is 0 Å². The average Bonchev–Trinajstić information content (AvgIpc) is 2.68. The second-order valence-electron chi connectivity index (χ2n) is 6.02. The van der Waals surface area contributed by atoms with Gasteiger partial charge in [0.2, 0.25) is 0 Å². The van der Waals surface area contributed by atoms with Crippen molar-refractivity contribution in [3.05, 3.63) is 108 Å². The second kappa shape index (κ2) is 6.70. The number of pyridine rings is 1. The number of aliphatic imine (C=N–C) groups is 1. The summed E-state index contributed by atoms with van der Waals surface area (Å²) >= 11 is 0. The number of hydrogen-bond donors (Lipinski definition) is 0. The monoisotopic (exact) mass is 322 g/mol. The molecule has 3 aromatic carbocycles. The lowest BCUT2D eigenvalue weighted by Crippen LogP contribution is -2.02. The van der Waals surface area contributed by atoms with Crippen LogP contribution in [0.1, 0.15) is 16.7 Å². The highest BCUT2D eigenvalue weighted by Crippen LogP contribution is 2.29. The van der Waals surface area contributed by atoms with Crippen LogP contribution in [0.15, 0.2) is 96.2 Å². The van der Waals surface area contributed by atoms with Crippen molar-refractivity contribution in [1.29, 1.82) is 0 Å².